The van der Waals surface area contributed by atoms with Gasteiger partial charge in [0.05, 0.1) is 17.5 Å². The van der Waals surface area contributed by atoms with Crippen molar-refractivity contribution in [1.82, 2.24) is 9.80 Å². The Balaban J connectivity index is 1.74. The molecule has 0 radical (unpaired) electrons. The Bertz CT molecular complexity index is 682. The van der Waals surface area contributed by atoms with Crippen molar-refractivity contribution in [3.05, 3.63) is 28.8 Å². The highest BCUT2D eigenvalue weighted by Crippen LogP contribution is 2.29. The van der Waals surface area contributed by atoms with Crippen molar-refractivity contribution in [2.24, 2.45) is 11.7 Å². The first-order valence-electron chi connectivity index (χ1n) is 9.19. The van der Waals surface area contributed by atoms with Crippen LogP contribution in [-0.2, 0) is 4.79 Å². The molecule has 1 aromatic rings. The standard InChI is InChI=1S/C19H26ClN3O3/c1-22-15-5-2-4-14(18(22)24)11-23(12-15)19(25)13-6-7-17(16(20)10-13)26-9-3-8-21/h6-7,10,14-15H,2-5,8-9,11-12,21H2,1H3/t14-,15+/m1/s1. The zero-order valence-corrected chi connectivity index (χ0v) is 15.9. The molecular formula is C19H26ClN3O3. The number of likely N-dealkylation sites (N-methyl/N-ethyl adjacent to an activating group) is 1. The molecular weight excluding hydrogens is 354 g/mol. The van der Waals surface area contributed by atoms with Crippen LogP contribution in [0.15, 0.2) is 18.2 Å². The molecule has 0 aliphatic carbocycles. The molecule has 2 atom stereocenters. The molecule has 2 amide bonds. The molecule has 2 saturated heterocycles. The van der Waals surface area contributed by atoms with E-state index in [0.29, 0.717) is 42.6 Å². The summed E-state index contributed by atoms with van der Waals surface area (Å²) >= 11 is 6.28. The second-order valence-corrected chi connectivity index (χ2v) is 7.48. The van der Waals surface area contributed by atoms with E-state index in [2.05, 4.69) is 0 Å². The number of hydrogen-bond donors (Lipinski definition) is 1. The van der Waals surface area contributed by atoms with Gasteiger partial charge in [0.25, 0.3) is 5.91 Å². The Morgan fingerprint density at radius 2 is 2.15 bits per heavy atom. The van der Waals surface area contributed by atoms with Crippen molar-refractivity contribution in [3.8, 4) is 5.75 Å². The van der Waals surface area contributed by atoms with Gasteiger partial charge in [-0.2, -0.15) is 0 Å². The molecule has 2 bridgehead atoms. The average Bonchev–Trinajstić information content (AvgIpc) is 2.81. The number of hydrogen-bond acceptors (Lipinski definition) is 4. The topological polar surface area (TPSA) is 75.9 Å². The maximum Gasteiger partial charge on any atom is 0.254 e. The first-order valence-corrected chi connectivity index (χ1v) is 9.57. The first-order chi connectivity index (χ1) is 12.5. The molecule has 2 aliphatic rings. The van der Waals surface area contributed by atoms with Crippen LogP contribution in [0.2, 0.25) is 5.02 Å². The molecule has 7 heteroatoms. The normalized spacial score (nSPS) is 23.0. The summed E-state index contributed by atoms with van der Waals surface area (Å²) in [5.74, 6) is 0.523. The number of nitrogens with zero attached hydrogens (tertiary/aromatic N) is 2. The molecule has 3 rings (SSSR count). The van der Waals surface area contributed by atoms with E-state index in [0.717, 1.165) is 25.7 Å². The number of rotatable bonds is 5. The minimum atomic E-state index is -0.106. The summed E-state index contributed by atoms with van der Waals surface area (Å²) in [5.41, 5.74) is 5.98. The fourth-order valence-electron chi connectivity index (χ4n) is 3.73. The summed E-state index contributed by atoms with van der Waals surface area (Å²) in [4.78, 5) is 29.1. The zero-order valence-electron chi connectivity index (χ0n) is 15.1. The van der Waals surface area contributed by atoms with Crippen LogP contribution in [0.4, 0.5) is 0 Å². The van der Waals surface area contributed by atoms with E-state index in [1.165, 1.54) is 0 Å². The van der Waals surface area contributed by atoms with Gasteiger partial charge in [-0.15, -0.1) is 0 Å². The molecule has 2 fully saturated rings. The number of ether oxygens (including phenoxy) is 1. The Morgan fingerprint density at radius 3 is 2.88 bits per heavy atom. The lowest BCUT2D eigenvalue weighted by molar-refractivity contribution is -0.134. The van der Waals surface area contributed by atoms with Gasteiger partial charge in [0, 0.05) is 31.7 Å². The van der Waals surface area contributed by atoms with Gasteiger partial charge in [0.2, 0.25) is 5.91 Å². The van der Waals surface area contributed by atoms with Gasteiger partial charge >= 0.3 is 0 Å². The fraction of sp³-hybridized carbons (Fsp3) is 0.579. The van der Waals surface area contributed by atoms with E-state index in [4.69, 9.17) is 22.1 Å². The van der Waals surface area contributed by atoms with Gasteiger partial charge in [-0.05, 0) is 44.0 Å². The molecule has 0 unspecified atom stereocenters. The minimum Gasteiger partial charge on any atom is -0.492 e. The van der Waals surface area contributed by atoms with Crippen LogP contribution in [0.3, 0.4) is 0 Å². The van der Waals surface area contributed by atoms with Crippen molar-refractivity contribution >= 4 is 23.4 Å². The highest BCUT2D eigenvalue weighted by atomic mass is 35.5. The quantitative estimate of drug-likeness (QED) is 0.795. The predicted octanol–water partition coefficient (Wildman–Crippen LogP) is 2.15. The summed E-state index contributed by atoms with van der Waals surface area (Å²) in [6.07, 6.45) is 3.57. The van der Waals surface area contributed by atoms with Crippen LogP contribution in [-0.4, -0.2) is 60.9 Å². The molecule has 26 heavy (non-hydrogen) atoms. The maximum atomic E-state index is 13.0. The third-order valence-electron chi connectivity index (χ3n) is 5.28. The summed E-state index contributed by atoms with van der Waals surface area (Å²) in [6.45, 7) is 2.10. The second kappa shape index (κ2) is 8.27. The van der Waals surface area contributed by atoms with E-state index in [-0.39, 0.29) is 23.8 Å². The minimum absolute atomic E-state index is 0.0830. The van der Waals surface area contributed by atoms with Gasteiger partial charge in [-0.3, -0.25) is 9.59 Å². The Hall–Kier alpha value is -1.79. The predicted molar refractivity (Wildman–Crippen MR) is 100 cm³/mol. The van der Waals surface area contributed by atoms with E-state index in [1.54, 1.807) is 23.1 Å². The van der Waals surface area contributed by atoms with Crippen LogP contribution in [0.5, 0.6) is 5.75 Å². The summed E-state index contributed by atoms with van der Waals surface area (Å²) < 4.78 is 5.58. The average molecular weight is 380 g/mol. The van der Waals surface area contributed by atoms with E-state index >= 15 is 0 Å². The van der Waals surface area contributed by atoms with Gasteiger partial charge in [0.15, 0.2) is 0 Å². The third kappa shape index (κ3) is 3.96. The first kappa shape index (κ1) is 19.0. The Morgan fingerprint density at radius 1 is 1.35 bits per heavy atom. The molecule has 2 aliphatic heterocycles. The third-order valence-corrected chi connectivity index (χ3v) is 5.57. The number of amides is 2. The van der Waals surface area contributed by atoms with Gasteiger partial charge in [-0.25, -0.2) is 0 Å². The SMILES string of the molecule is CN1C(=O)[C@@H]2CCC[C@H]1CN(C(=O)c1ccc(OCCCN)c(Cl)c1)C2. The van der Waals surface area contributed by atoms with E-state index < -0.39 is 0 Å². The van der Waals surface area contributed by atoms with Crippen LogP contribution in [0.25, 0.3) is 0 Å². The molecule has 0 spiro atoms. The monoisotopic (exact) mass is 379 g/mol. The van der Waals surface area contributed by atoms with Crippen molar-refractivity contribution in [2.45, 2.75) is 31.7 Å². The van der Waals surface area contributed by atoms with Gasteiger partial charge < -0.3 is 20.3 Å². The van der Waals surface area contributed by atoms with Crippen LogP contribution in [0, 0.1) is 5.92 Å². The van der Waals surface area contributed by atoms with E-state index in [1.807, 2.05) is 11.9 Å². The summed E-state index contributed by atoms with van der Waals surface area (Å²) in [5, 5.41) is 0.413. The fourth-order valence-corrected chi connectivity index (χ4v) is 3.96. The van der Waals surface area contributed by atoms with Crippen molar-refractivity contribution < 1.29 is 14.3 Å². The lowest BCUT2D eigenvalue weighted by atomic mass is 9.98. The number of fused-ring (bicyclic) bond motifs is 3. The number of likely N-dealkylation sites (tertiary alicyclic amines) is 1. The molecule has 0 saturated carbocycles. The number of halogens is 1. The van der Waals surface area contributed by atoms with Crippen LogP contribution >= 0.6 is 11.6 Å². The zero-order chi connectivity index (χ0) is 18.7. The summed E-state index contributed by atoms with van der Waals surface area (Å²) in [7, 11) is 1.85. The maximum absolute atomic E-state index is 13.0. The molecule has 142 valence electrons. The van der Waals surface area contributed by atoms with Crippen LogP contribution in [0.1, 0.15) is 36.0 Å². The largest absolute Gasteiger partial charge is 0.492 e. The van der Waals surface area contributed by atoms with Crippen molar-refractivity contribution in [3.63, 3.8) is 0 Å². The second-order valence-electron chi connectivity index (χ2n) is 7.08. The van der Waals surface area contributed by atoms with Gasteiger partial charge in [-0.1, -0.05) is 18.0 Å². The molecule has 1 aromatic carbocycles. The smallest absolute Gasteiger partial charge is 0.254 e. The van der Waals surface area contributed by atoms with Crippen LogP contribution < -0.4 is 10.5 Å². The number of nitrogens with two attached hydrogens (primary N) is 1. The lowest BCUT2D eigenvalue weighted by Gasteiger charge is -2.29. The van der Waals surface area contributed by atoms with Gasteiger partial charge in [0.1, 0.15) is 5.75 Å². The molecule has 0 aromatic heterocycles. The Kier molecular flexibility index (Phi) is 6.04. The van der Waals surface area contributed by atoms with Crippen molar-refractivity contribution in [2.75, 3.05) is 33.3 Å². The Labute approximate surface area is 159 Å². The lowest BCUT2D eigenvalue weighted by Crippen LogP contribution is -2.42. The molecule has 2 N–H and O–H groups in total. The highest BCUT2D eigenvalue weighted by Gasteiger charge is 2.38. The van der Waals surface area contributed by atoms with Crippen molar-refractivity contribution in [1.29, 1.82) is 0 Å². The highest BCUT2D eigenvalue weighted by molar-refractivity contribution is 6.32. The number of carbonyl (C=O) groups is 2. The molecule has 6 nitrogen and oxygen atoms in total. The van der Waals surface area contributed by atoms with E-state index in [9.17, 15) is 9.59 Å². The molecule has 2 heterocycles. The number of carbonyl (C=O) groups excluding carboxylic acids is 2. The number of benzene rings is 1. The summed E-state index contributed by atoms with van der Waals surface area (Å²) in [6, 6.07) is 5.20.